The van der Waals surface area contributed by atoms with Crippen molar-refractivity contribution in [2.24, 2.45) is 5.10 Å². The van der Waals surface area contributed by atoms with Gasteiger partial charge in [-0.25, -0.2) is 10.1 Å². The lowest BCUT2D eigenvalue weighted by Gasteiger charge is -2.33. The summed E-state index contributed by atoms with van der Waals surface area (Å²) < 4.78 is 21.9. The molecular weight excluding hydrogens is 498 g/mol. The third kappa shape index (κ3) is 5.72. The molecule has 2 aromatic heterocycles. The van der Waals surface area contributed by atoms with Gasteiger partial charge in [0.15, 0.2) is 17.2 Å². The standard InChI is InChI=1S/C23H29N9O6/c1-13-7-5-6-8-31(13)12-16-19(26-30-32(16)22-21(24)28-38-29-22)23(34)27-25-11-15-9-17(35-3)20(37-14(2)33)18(10-15)36-4/h9-11,13H,5-8,12H2,1-4H3,(H2,24,28)(H,27,34)/b25-11-. The summed E-state index contributed by atoms with van der Waals surface area (Å²) in [6, 6.07) is 3.47. The van der Waals surface area contributed by atoms with E-state index in [0.29, 0.717) is 23.8 Å². The largest absolute Gasteiger partial charge is 0.493 e. The minimum Gasteiger partial charge on any atom is -0.493 e. The van der Waals surface area contributed by atoms with Crippen LogP contribution in [-0.4, -0.2) is 75.1 Å². The van der Waals surface area contributed by atoms with Crippen LogP contribution in [0.4, 0.5) is 5.82 Å². The molecule has 4 rings (SSSR count). The third-order valence-corrected chi connectivity index (χ3v) is 6.08. The van der Waals surface area contributed by atoms with E-state index in [-0.39, 0.29) is 34.6 Å². The molecule has 3 aromatic rings. The molecule has 1 atom stereocenters. The van der Waals surface area contributed by atoms with Crippen LogP contribution in [0.1, 0.15) is 54.9 Å². The first kappa shape index (κ1) is 26.5. The van der Waals surface area contributed by atoms with Crippen LogP contribution in [0.5, 0.6) is 17.2 Å². The lowest BCUT2D eigenvalue weighted by atomic mass is 10.0. The van der Waals surface area contributed by atoms with Crippen LogP contribution in [0.25, 0.3) is 5.82 Å². The van der Waals surface area contributed by atoms with Crippen molar-refractivity contribution in [3.05, 3.63) is 29.1 Å². The van der Waals surface area contributed by atoms with Crippen molar-refractivity contribution in [1.29, 1.82) is 0 Å². The highest BCUT2D eigenvalue weighted by atomic mass is 16.6. The first-order chi connectivity index (χ1) is 18.3. The number of nitrogens with two attached hydrogens (primary N) is 1. The van der Waals surface area contributed by atoms with Crippen LogP contribution in [0.15, 0.2) is 21.9 Å². The fraction of sp³-hybridized carbons (Fsp3) is 0.435. The molecule has 1 aliphatic heterocycles. The number of hydrogen-bond acceptors (Lipinski definition) is 13. The molecule has 1 aliphatic rings. The Balaban J connectivity index is 1.58. The molecule has 0 saturated carbocycles. The number of anilines is 1. The number of nitrogen functional groups attached to an aromatic ring is 1. The molecule has 1 saturated heterocycles. The number of benzene rings is 1. The number of nitrogens with zero attached hydrogens (tertiary/aromatic N) is 7. The molecule has 38 heavy (non-hydrogen) atoms. The summed E-state index contributed by atoms with van der Waals surface area (Å²) in [5.74, 6) is -0.295. The Bertz CT molecular complexity index is 1310. The van der Waals surface area contributed by atoms with E-state index < -0.39 is 11.9 Å². The summed E-state index contributed by atoms with van der Waals surface area (Å²) in [7, 11) is 2.85. The lowest BCUT2D eigenvalue weighted by molar-refractivity contribution is -0.132. The fourth-order valence-corrected chi connectivity index (χ4v) is 4.15. The molecule has 3 heterocycles. The Morgan fingerprint density at radius 3 is 2.58 bits per heavy atom. The number of likely N-dealkylation sites (tertiary alicyclic amines) is 1. The van der Waals surface area contributed by atoms with E-state index in [9.17, 15) is 9.59 Å². The Kier molecular flexibility index (Phi) is 8.15. The van der Waals surface area contributed by atoms with Gasteiger partial charge in [-0.05, 0) is 48.8 Å². The zero-order chi connectivity index (χ0) is 27.2. The monoisotopic (exact) mass is 527 g/mol. The number of nitrogens with one attached hydrogen (secondary N) is 1. The summed E-state index contributed by atoms with van der Waals surface area (Å²) >= 11 is 0. The predicted molar refractivity (Wildman–Crippen MR) is 133 cm³/mol. The topological polar surface area (TPSA) is 185 Å². The maximum Gasteiger partial charge on any atom is 0.308 e. The number of aromatic nitrogens is 5. The molecule has 1 aromatic carbocycles. The van der Waals surface area contributed by atoms with E-state index in [4.69, 9.17) is 24.6 Å². The summed E-state index contributed by atoms with van der Waals surface area (Å²) in [4.78, 5) is 26.8. The Morgan fingerprint density at radius 1 is 1.24 bits per heavy atom. The van der Waals surface area contributed by atoms with Crippen molar-refractivity contribution in [3.63, 3.8) is 0 Å². The normalized spacial score (nSPS) is 15.9. The molecule has 0 spiro atoms. The molecular formula is C23H29N9O6. The smallest absolute Gasteiger partial charge is 0.308 e. The van der Waals surface area contributed by atoms with E-state index in [2.05, 4.69) is 43.0 Å². The molecule has 15 heteroatoms. The molecule has 3 N–H and O–H groups in total. The van der Waals surface area contributed by atoms with E-state index in [0.717, 1.165) is 25.8 Å². The molecule has 1 fully saturated rings. The van der Waals surface area contributed by atoms with Gasteiger partial charge in [0, 0.05) is 25.1 Å². The second-order valence-corrected chi connectivity index (χ2v) is 8.63. The fourth-order valence-electron chi connectivity index (χ4n) is 4.15. The summed E-state index contributed by atoms with van der Waals surface area (Å²) in [5.41, 5.74) is 9.39. The number of carbonyl (C=O) groups is 2. The molecule has 0 radical (unpaired) electrons. The van der Waals surface area contributed by atoms with E-state index in [1.165, 1.54) is 32.0 Å². The van der Waals surface area contributed by atoms with Gasteiger partial charge >= 0.3 is 5.97 Å². The van der Waals surface area contributed by atoms with Gasteiger partial charge in [-0.1, -0.05) is 11.6 Å². The second-order valence-electron chi connectivity index (χ2n) is 8.63. The van der Waals surface area contributed by atoms with E-state index >= 15 is 0 Å². The van der Waals surface area contributed by atoms with Crippen molar-refractivity contribution in [2.75, 3.05) is 26.5 Å². The number of ether oxygens (including phenoxy) is 3. The van der Waals surface area contributed by atoms with Crippen LogP contribution in [0.2, 0.25) is 0 Å². The first-order valence-corrected chi connectivity index (χ1v) is 11.9. The average Bonchev–Trinajstić information content (AvgIpc) is 3.51. The highest BCUT2D eigenvalue weighted by Gasteiger charge is 2.28. The molecule has 15 nitrogen and oxygen atoms in total. The first-order valence-electron chi connectivity index (χ1n) is 11.9. The number of hydrazone groups is 1. The number of amides is 1. The van der Waals surface area contributed by atoms with Gasteiger partial charge in [0.2, 0.25) is 17.4 Å². The third-order valence-electron chi connectivity index (χ3n) is 6.08. The summed E-state index contributed by atoms with van der Waals surface area (Å²) in [6.07, 6.45) is 4.63. The zero-order valence-electron chi connectivity index (χ0n) is 21.5. The maximum atomic E-state index is 13.1. The minimum atomic E-state index is -0.586. The average molecular weight is 528 g/mol. The van der Waals surface area contributed by atoms with Gasteiger partial charge < -0.3 is 19.9 Å². The molecule has 1 unspecified atom stereocenters. The van der Waals surface area contributed by atoms with Gasteiger partial charge in [-0.2, -0.15) is 9.78 Å². The van der Waals surface area contributed by atoms with Crippen molar-refractivity contribution < 1.29 is 28.4 Å². The zero-order valence-corrected chi connectivity index (χ0v) is 21.5. The van der Waals surface area contributed by atoms with Gasteiger partial charge in [-0.3, -0.25) is 14.5 Å². The Hall–Kier alpha value is -4.53. The lowest BCUT2D eigenvalue weighted by Crippen LogP contribution is -2.38. The molecule has 202 valence electrons. The summed E-state index contributed by atoms with van der Waals surface area (Å²) in [5, 5.41) is 19.6. The van der Waals surface area contributed by atoms with Crippen LogP contribution < -0.4 is 25.4 Å². The van der Waals surface area contributed by atoms with Crippen molar-refractivity contribution in [2.45, 2.75) is 45.7 Å². The van der Waals surface area contributed by atoms with Crippen LogP contribution >= 0.6 is 0 Å². The van der Waals surface area contributed by atoms with Crippen molar-refractivity contribution >= 4 is 23.9 Å². The number of rotatable bonds is 9. The van der Waals surface area contributed by atoms with Crippen LogP contribution in [0.3, 0.4) is 0 Å². The molecule has 0 bridgehead atoms. The van der Waals surface area contributed by atoms with Gasteiger partial charge in [0.25, 0.3) is 5.91 Å². The number of methoxy groups -OCH3 is 2. The number of piperidine rings is 1. The highest BCUT2D eigenvalue weighted by Crippen LogP contribution is 2.38. The van der Waals surface area contributed by atoms with Gasteiger partial charge in [0.1, 0.15) is 0 Å². The van der Waals surface area contributed by atoms with Gasteiger partial charge in [0.05, 0.1) is 26.1 Å². The van der Waals surface area contributed by atoms with E-state index in [1.807, 2.05) is 0 Å². The number of esters is 1. The quantitative estimate of drug-likeness (QED) is 0.176. The van der Waals surface area contributed by atoms with E-state index in [1.54, 1.807) is 12.1 Å². The SMILES string of the molecule is COc1cc(/C=N\NC(=O)c2nnn(-c3nonc3N)c2CN2CCCCC2C)cc(OC)c1OC(C)=O. The summed E-state index contributed by atoms with van der Waals surface area (Å²) in [6.45, 7) is 4.66. The van der Waals surface area contributed by atoms with Crippen LogP contribution in [0, 0.1) is 0 Å². The Morgan fingerprint density at radius 2 is 1.97 bits per heavy atom. The minimum absolute atomic E-state index is 0.0212. The second kappa shape index (κ2) is 11.7. The highest BCUT2D eigenvalue weighted by molar-refractivity contribution is 5.94. The Labute approximate surface area is 217 Å². The molecule has 0 aliphatic carbocycles. The van der Waals surface area contributed by atoms with Crippen molar-refractivity contribution in [1.82, 2.24) is 35.6 Å². The maximum absolute atomic E-state index is 13.1. The number of carbonyl (C=O) groups excluding carboxylic acids is 2. The number of hydrogen-bond donors (Lipinski definition) is 2. The van der Waals surface area contributed by atoms with Crippen molar-refractivity contribution in [3.8, 4) is 23.1 Å². The van der Waals surface area contributed by atoms with Crippen LogP contribution in [-0.2, 0) is 11.3 Å². The van der Waals surface area contributed by atoms with Gasteiger partial charge in [-0.15, -0.1) is 5.10 Å². The molecule has 1 amide bonds. The predicted octanol–water partition coefficient (Wildman–Crippen LogP) is 1.31.